The number of methoxy groups -OCH3 is 1. The van der Waals surface area contributed by atoms with Crippen molar-refractivity contribution in [3.8, 4) is 5.75 Å². The molecule has 222 valence electrons. The molecular formula is C30H51N2O6P. The minimum atomic E-state index is -4.55. The number of aliphatic imine (C=N–C) groups is 1. The summed E-state index contributed by atoms with van der Waals surface area (Å²) in [6.07, 6.45) is 23.4. The maximum absolute atomic E-state index is 12.3. The van der Waals surface area contributed by atoms with Crippen LogP contribution in [0.5, 0.6) is 5.75 Å². The second-order valence-electron chi connectivity index (χ2n) is 10.4. The van der Waals surface area contributed by atoms with Crippen LogP contribution in [0.15, 0.2) is 41.7 Å². The Kier molecular flexibility index (Phi) is 18.3. The zero-order valence-corrected chi connectivity index (χ0v) is 25.1. The van der Waals surface area contributed by atoms with E-state index in [-0.39, 0.29) is 19.0 Å². The highest BCUT2D eigenvalue weighted by atomic mass is 31.2. The average molecular weight is 567 g/mol. The van der Waals surface area contributed by atoms with Gasteiger partial charge in [0.05, 0.1) is 19.4 Å². The highest BCUT2D eigenvalue weighted by Gasteiger charge is 2.17. The summed E-state index contributed by atoms with van der Waals surface area (Å²) in [5.41, 5.74) is 0.923. The molecule has 0 aromatic heterocycles. The number of ether oxygens (including phenoxy) is 2. The fraction of sp³-hybridized carbons (Fsp3) is 0.700. The summed E-state index contributed by atoms with van der Waals surface area (Å²) in [5.74, 6) is 0.216. The van der Waals surface area contributed by atoms with Crippen molar-refractivity contribution in [2.45, 2.75) is 109 Å². The summed E-state index contributed by atoms with van der Waals surface area (Å²) in [6.45, 7) is 3.66. The number of phosphoric acid groups is 1. The first kappa shape index (κ1) is 33.7. The van der Waals surface area contributed by atoms with Crippen molar-refractivity contribution in [2.24, 2.45) is 4.99 Å². The molecule has 1 aliphatic rings. The predicted octanol–water partition coefficient (Wildman–Crippen LogP) is 5.96. The lowest BCUT2D eigenvalue weighted by atomic mass is 10.0. The van der Waals surface area contributed by atoms with Crippen molar-refractivity contribution in [3.05, 3.63) is 42.2 Å². The first-order valence-electron chi connectivity index (χ1n) is 14.9. The van der Waals surface area contributed by atoms with E-state index in [0.29, 0.717) is 13.2 Å². The Morgan fingerprint density at radius 2 is 1.56 bits per heavy atom. The van der Waals surface area contributed by atoms with Gasteiger partial charge in [-0.25, -0.2) is 4.99 Å². The number of benzene rings is 1. The molecule has 0 aliphatic carbocycles. The molecule has 0 radical (unpaired) electrons. The quantitative estimate of drug-likeness (QED) is 0.116. The summed E-state index contributed by atoms with van der Waals surface area (Å²) >= 11 is 0. The molecule has 1 N–H and O–H groups in total. The zero-order valence-electron chi connectivity index (χ0n) is 24.2. The zero-order chi connectivity index (χ0) is 28.0. The molecule has 1 heterocycles. The van der Waals surface area contributed by atoms with Gasteiger partial charge in [-0.05, 0) is 18.6 Å². The fourth-order valence-electron chi connectivity index (χ4n) is 4.50. The van der Waals surface area contributed by atoms with Gasteiger partial charge >= 0.3 is 7.82 Å². The van der Waals surface area contributed by atoms with Crippen LogP contribution in [0.25, 0.3) is 0 Å². The lowest BCUT2D eigenvalue weighted by Crippen LogP contribution is -3.04. The number of quaternary nitrogens is 1. The molecule has 0 saturated carbocycles. The lowest BCUT2D eigenvalue weighted by Gasteiger charge is -2.25. The number of nitrogens with zero attached hydrogens (tertiary/aromatic N) is 1. The molecule has 0 amide bonds. The van der Waals surface area contributed by atoms with E-state index in [2.05, 4.69) is 11.9 Å². The molecule has 3 atom stereocenters. The molecule has 1 aromatic rings. The number of rotatable bonds is 25. The Morgan fingerprint density at radius 3 is 2.15 bits per heavy atom. The van der Waals surface area contributed by atoms with Crippen LogP contribution in [0, 0.1) is 0 Å². The third-order valence-corrected chi connectivity index (χ3v) is 7.74. The summed E-state index contributed by atoms with van der Waals surface area (Å²) in [6, 6.07) is 6.94. The first-order valence-corrected chi connectivity index (χ1v) is 16.4. The van der Waals surface area contributed by atoms with E-state index in [4.69, 9.17) is 18.5 Å². The molecule has 0 fully saturated rings. The van der Waals surface area contributed by atoms with Gasteiger partial charge in [-0.2, -0.15) is 0 Å². The summed E-state index contributed by atoms with van der Waals surface area (Å²) in [4.78, 5) is 17.4. The molecule has 9 heteroatoms. The van der Waals surface area contributed by atoms with Gasteiger partial charge in [0.2, 0.25) is 0 Å². The van der Waals surface area contributed by atoms with Gasteiger partial charge in [0, 0.05) is 19.3 Å². The second kappa shape index (κ2) is 21.2. The molecule has 1 aliphatic heterocycles. The topological polar surface area (TPSA) is 93.9 Å². The van der Waals surface area contributed by atoms with Crippen LogP contribution >= 0.6 is 7.82 Å². The van der Waals surface area contributed by atoms with Crippen LogP contribution in [0.1, 0.15) is 102 Å². The van der Waals surface area contributed by atoms with Gasteiger partial charge < -0.3 is 23.4 Å². The van der Waals surface area contributed by atoms with E-state index in [0.717, 1.165) is 23.3 Å². The summed E-state index contributed by atoms with van der Waals surface area (Å²) in [7, 11) is -3.03. The second-order valence-corrected chi connectivity index (χ2v) is 11.7. The monoisotopic (exact) mass is 566 g/mol. The smallest absolute Gasteiger partial charge is 0.319 e. The molecule has 1 aromatic carbocycles. The molecule has 0 saturated heterocycles. The third kappa shape index (κ3) is 17.0. The van der Waals surface area contributed by atoms with Gasteiger partial charge in [-0.3, -0.25) is 9.46 Å². The van der Waals surface area contributed by atoms with Crippen LogP contribution in [0.4, 0.5) is 0 Å². The number of hydrogen-bond donors (Lipinski definition) is 1. The van der Waals surface area contributed by atoms with Crippen LogP contribution < -0.4 is 14.3 Å². The van der Waals surface area contributed by atoms with E-state index < -0.39 is 13.9 Å². The molecule has 8 nitrogen and oxygen atoms in total. The van der Waals surface area contributed by atoms with Crippen molar-refractivity contribution >= 4 is 14.2 Å². The number of unbranched alkanes of at least 4 members (excludes halogenated alkanes) is 13. The van der Waals surface area contributed by atoms with Crippen molar-refractivity contribution in [3.63, 3.8) is 0 Å². The highest BCUT2D eigenvalue weighted by Crippen LogP contribution is 2.39. The standard InChI is InChI=1S/C30H51N2O6P/c1-3-4-5-6-7-8-9-10-11-12-13-14-15-16-22-36-25-30(35-2)26-37-39(33,34)38-29-19-17-18-28(23-29)24-32-21-20-31-27-32/h17-21,23,27,30H,3-16,22,24-26H2,1-2H3,(H,33,34). The molecule has 0 spiro atoms. The molecule has 2 rings (SSSR count). The Morgan fingerprint density at radius 1 is 0.923 bits per heavy atom. The van der Waals surface area contributed by atoms with Gasteiger partial charge in [-0.1, -0.05) is 103 Å². The maximum Gasteiger partial charge on any atom is 0.319 e. The summed E-state index contributed by atoms with van der Waals surface area (Å²) in [5, 5.41) is 0. The van der Waals surface area contributed by atoms with Crippen LogP contribution in [0.2, 0.25) is 0 Å². The highest BCUT2D eigenvalue weighted by molar-refractivity contribution is 7.46. The van der Waals surface area contributed by atoms with Crippen molar-refractivity contribution in [1.82, 2.24) is 0 Å². The van der Waals surface area contributed by atoms with Gasteiger partial charge in [0.15, 0.2) is 6.34 Å². The number of nitrogens with one attached hydrogen (secondary N) is 1. The Bertz CT molecular complexity index is 854. The molecular weight excluding hydrogens is 515 g/mol. The lowest BCUT2D eigenvalue weighted by molar-refractivity contribution is -0.752. The van der Waals surface area contributed by atoms with Crippen LogP contribution in [-0.4, -0.2) is 39.4 Å². The van der Waals surface area contributed by atoms with Crippen molar-refractivity contribution in [2.75, 3.05) is 26.9 Å². The van der Waals surface area contributed by atoms with Gasteiger partial charge in [0.1, 0.15) is 24.6 Å². The average Bonchev–Trinajstić information content (AvgIpc) is 3.43. The Balaban J connectivity index is 1.47. The predicted molar refractivity (Wildman–Crippen MR) is 155 cm³/mol. The van der Waals surface area contributed by atoms with Crippen molar-refractivity contribution in [1.29, 1.82) is 0 Å². The van der Waals surface area contributed by atoms with Crippen LogP contribution in [-0.2, 0) is 25.1 Å². The first-order chi connectivity index (χ1) is 19.0. The Hall–Kier alpha value is -1.54. The molecule has 39 heavy (non-hydrogen) atoms. The molecule has 0 bridgehead atoms. The van der Waals surface area contributed by atoms with E-state index in [1.54, 1.807) is 30.7 Å². The fourth-order valence-corrected chi connectivity index (χ4v) is 5.27. The SMILES string of the molecule is CCCCCCCCCCCCCCCCOCC(COP(=O)([O-])Oc1cccc(C[NH+]2C=CN=C2)c1)OC. The van der Waals surface area contributed by atoms with Crippen molar-refractivity contribution < 1.29 is 32.9 Å². The molecule has 3 unspecified atom stereocenters. The maximum atomic E-state index is 12.3. The Labute approximate surface area is 236 Å². The van der Waals surface area contributed by atoms with E-state index in [1.165, 1.54) is 84.2 Å². The van der Waals surface area contributed by atoms with Gasteiger partial charge in [-0.15, -0.1) is 0 Å². The van der Waals surface area contributed by atoms with E-state index in [9.17, 15) is 9.46 Å². The minimum absolute atomic E-state index is 0.158. The number of hydrogen-bond acceptors (Lipinski definition) is 7. The summed E-state index contributed by atoms with van der Waals surface area (Å²) < 4.78 is 33.6. The largest absolute Gasteiger partial charge is 0.746 e. The minimum Gasteiger partial charge on any atom is -0.746 e. The number of phosphoric ester groups is 1. The normalized spacial score (nSPS) is 16.9. The van der Waals surface area contributed by atoms with E-state index >= 15 is 0 Å². The van der Waals surface area contributed by atoms with E-state index in [1.807, 2.05) is 12.3 Å². The van der Waals surface area contributed by atoms with Gasteiger partial charge in [0.25, 0.3) is 0 Å². The third-order valence-electron chi connectivity index (χ3n) is 6.84. The van der Waals surface area contributed by atoms with Crippen LogP contribution in [0.3, 0.4) is 0 Å².